The maximum absolute atomic E-state index is 12.2. The third-order valence-corrected chi connectivity index (χ3v) is 3.06. The molecule has 0 fully saturated rings. The average molecular weight is 353 g/mol. The number of carbonyl (C=O) groups excluding carboxylic acids is 1. The Labute approximate surface area is 116 Å². The predicted octanol–water partition coefficient (Wildman–Crippen LogP) is 2.61. The van der Waals surface area contributed by atoms with Crippen LogP contribution in [0.1, 0.15) is 41.0 Å². The maximum Gasteiger partial charge on any atom is 0.244 e. The van der Waals surface area contributed by atoms with Crippen molar-refractivity contribution in [3.8, 4) is 0 Å². The molecule has 0 aromatic carbocycles. The topological polar surface area (TPSA) is 49.8 Å². The first-order valence-corrected chi connectivity index (χ1v) is 6.66. The molecule has 0 aromatic rings. The number of carbonyl (C=O) groups is 1. The summed E-state index contributed by atoms with van der Waals surface area (Å²) in [7, 11) is 0. The number of amides is 1. The molecule has 0 saturated carbocycles. The van der Waals surface area contributed by atoms with Crippen molar-refractivity contribution < 1.29 is 14.6 Å². The van der Waals surface area contributed by atoms with Gasteiger partial charge in [-0.2, -0.15) is 0 Å². The summed E-state index contributed by atoms with van der Waals surface area (Å²) >= 11 is 2.18. The number of rotatable bonds is 2. The Bertz CT molecular complexity index is 344. The van der Waals surface area contributed by atoms with Crippen molar-refractivity contribution in [2.24, 2.45) is 5.41 Å². The highest BCUT2D eigenvalue weighted by atomic mass is 127. The summed E-state index contributed by atoms with van der Waals surface area (Å²) in [6.45, 7) is 9.26. The molecule has 1 rings (SSSR count). The number of ether oxygens (including phenoxy) is 1. The summed E-state index contributed by atoms with van der Waals surface area (Å²) in [6.07, 6.45) is 1.13. The van der Waals surface area contributed by atoms with E-state index in [-0.39, 0.29) is 5.91 Å². The molecule has 98 valence electrons. The van der Waals surface area contributed by atoms with Crippen LogP contribution in [0.2, 0.25) is 0 Å². The van der Waals surface area contributed by atoms with Crippen LogP contribution in [0.5, 0.6) is 0 Å². The third-order valence-electron chi connectivity index (χ3n) is 2.40. The van der Waals surface area contributed by atoms with Crippen LogP contribution in [0.4, 0.5) is 0 Å². The Kier molecular flexibility index (Phi) is 4.26. The van der Waals surface area contributed by atoms with Crippen molar-refractivity contribution in [1.82, 2.24) is 4.90 Å². The van der Waals surface area contributed by atoms with E-state index in [2.05, 4.69) is 22.6 Å². The zero-order valence-electron chi connectivity index (χ0n) is 11.0. The predicted molar refractivity (Wildman–Crippen MR) is 74.2 cm³/mol. The SMILES string of the molecule is CC(C)(C)OC(O)N1C=C(I)CC(C)(C)C1=O. The number of aliphatic hydroxyl groups is 1. The smallest absolute Gasteiger partial charge is 0.244 e. The molecule has 0 aliphatic carbocycles. The fraction of sp³-hybridized carbons (Fsp3) is 0.750. The largest absolute Gasteiger partial charge is 0.351 e. The van der Waals surface area contributed by atoms with E-state index < -0.39 is 17.4 Å². The van der Waals surface area contributed by atoms with Gasteiger partial charge in [-0.15, -0.1) is 0 Å². The van der Waals surface area contributed by atoms with Gasteiger partial charge < -0.3 is 9.84 Å². The summed E-state index contributed by atoms with van der Waals surface area (Å²) in [5, 5.41) is 9.96. The fourth-order valence-electron chi connectivity index (χ4n) is 1.64. The molecule has 0 aromatic heterocycles. The molecular weight excluding hydrogens is 333 g/mol. The summed E-state index contributed by atoms with van der Waals surface area (Å²) in [5.41, 5.74) is -0.992. The summed E-state index contributed by atoms with van der Waals surface area (Å²) in [5.74, 6) is -0.116. The molecule has 1 unspecified atom stereocenters. The van der Waals surface area contributed by atoms with Crippen LogP contribution in [-0.4, -0.2) is 27.9 Å². The molecule has 0 spiro atoms. The van der Waals surface area contributed by atoms with Gasteiger partial charge >= 0.3 is 0 Å². The summed E-state index contributed by atoms with van der Waals surface area (Å²) in [4.78, 5) is 13.4. The number of allylic oxidation sites excluding steroid dienone is 1. The second kappa shape index (κ2) is 4.85. The molecule has 0 bridgehead atoms. The lowest BCUT2D eigenvalue weighted by molar-refractivity contribution is -0.229. The van der Waals surface area contributed by atoms with Crippen LogP contribution in [0.3, 0.4) is 0 Å². The van der Waals surface area contributed by atoms with E-state index >= 15 is 0 Å². The molecular formula is C12H20INO3. The van der Waals surface area contributed by atoms with E-state index in [4.69, 9.17) is 4.74 Å². The van der Waals surface area contributed by atoms with Gasteiger partial charge in [0.25, 0.3) is 0 Å². The number of halogens is 1. The van der Waals surface area contributed by atoms with Gasteiger partial charge in [0, 0.05) is 15.2 Å². The van der Waals surface area contributed by atoms with E-state index in [0.29, 0.717) is 6.42 Å². The van der Waals surface area contributed by atoms with Crippen molar-refractivity contribution in [2.75, 3.05) is 0 Å². The van der Waals surface area contributed by atoms with Crippen LogP contribution in [0, 0.1) is 5.41 Å². The first kappa shape index (κ1) is 14.9. The van der Waals surface area contributed by atoms with Crippen molar-refractivity contribution in [2.45, 2.75) is 53.1 Å². The van der Waals surface area contributed by atoms with E-state index in [0.717, 1.165) is 3.58 Å². The molecule has 0 radical (unpaired) electrons. The van der Waals surface area contributed by atoms with Gasteiger partial charge in [-0.05, 0) is 49.8 Å². The van der Waals surface area contributed by atoms with E-state index in [9.17, 15) is 9.90 Å². The third kappa shape index (κ3) is 3.93. The fourth-order valence-corrected chi connectivity index (χ4v) is 2.89. The van der Waals surface area contributed by atoms with Gasteiger partial charge in [-0.3, -0.25) is 9.69 Å². The van der Waals surface area contributed by atoms with Crippen LogP contribution in [0.25, 0.3) is 0 Å². The second-order valence-electron chi connectivity index (χ2n) is 5.91. The van der Waals surface area contributed by atoms with E-state index in [1.54, 1.807) is 6.20 Å². The number of nitrogens with zero attached hydrogens (tertiary/aromatic N) is 1. The molecule has 1 heterocycles. The van der Waals surface area contributed by atoms with Crippen molar-refractivity contribution in [1.29, 1.82) is 0 Å². The normalized spacial score (nSPS) is 22.4. The van der Waals surface area contributed by atoms with Gasteiger partial charge in [0.1, 0.15) is 0 Å². The molecule has 4 nitrogen and oxygen atoms in total. The highest BCUT2D eigenvalue weighted by Gasteiger charge is 2.39. The molecule has 1 aliphatic heterocycles. The van der Waals surface area contributed by atoms with Gasteiger partial charge in [0.2, 0.25) is 12.3 Å². The first-order valence-electron chi connectivity index (χ1n) is 5.58. The molecule has 5 heteroatoms. The van der Waals surface area contributed by atoms with Gasteiger partial charge in [-0.1, -0.05) is 13.8 Å². The lowest BCUT2D eigenvalue weighted by atomic mass is 9.86. The van der Waals surface area contributed by atoms with Crippen molar-refractivity contribution >= 4 is 28.5 Å². The first-order chi connectivity index (χ1) is 7.53. The number of hydrogen-bond acceptors (Lipinski definition) is 3. The molecule has 1 atom stereocenters. The minimum absolute atomic E-state index is 0.116. The Morgan fingerprint density at radius 3 is 2.53 bits per heavy atom. The highest BCUT2D eigenvalue weighted by molar-refractivity contribution is 14.1. The molecule has 1 aliphatic rings. The Morgan fingerprint density at radius 2 is 2.06 bits per heavy atom. The van der Waals surface area contributed by atoms with Crippen LogP contribution >= 0.6 is 22.6 Å². The number of hydrogen-bond donors (Lipinski definition) is 1. The Morgan fingerprint density at radius 1 is 1.53 bits per heavy atom. The highest BCUT2D eigenvalue weighted by Crippen LogP contribution is 2.36. The Balaban J connectivity index is 2.90. The monoisotopic (exact) mass is 353 g/mol. The summed E-state index contributed by atoms with van der Waals surface area (Å²) in [6, 6.07) is 0. The van der Waals surface area contributed by atoms with Gasteiger partial charge in [0.15, 0.2) is 0 Å². The van der Waals surface area contributed by atoms with Gasteiger partial charge in [-0.25, -0.2) is 0 Å². The van der Waals surface area contributed by atoms with Crippen LogP contribution in [0.15, 0.2) is 9.78 Å². The minimum Gasteiger partial charge on any atom is -0.351 e. The van der Waals surface area contributed by atoms with Crippen LogP contribution in [-0.2, 0) is 9.53 Å². The van der Waals surface area contributed by atoms with Gasteiger partial charge in [0.05, 0.1) is 5.60 Å². The zero-order chi connectivity index (χ0) is 13.4. The maximum atomic E-state index is 12.2. The standard InChI is InChI=1S/C12H20INO3/c1-11(2,3)17-10(16)14-7-8(13)6-12(4,5)9(14)15/h7,10,16H,6H2,1-5H3. The zero-order valence-corrected chi connectivity index (χ0v) is 13.1. The minimum atomic E-state index is -1.23. The molecule has 17 heavy (non-hydrogen) atoms. The van der Waals surface area contributed by atoms with Crippen molar-refractivity contribution in [3.05, 3.63) is 9.78 Å². The lowest BCUT2D eigenvalue weighted by Crippen LogP contribution is -2.49. The van der Waals surface area contributed by atoms with E-state index in [1.807, 2.05) is 34.6 Å². The summed E-state index contributed by atoms with van der Waals surface area (Å²) < 4.78 is 6.43. The van der Waals surface area contributed by atoms with Crippen LogP contribution < -0.4 is 0 Å². The second-order valence-corrected chi connectivity index (χ2v) is 7.29. The lowest BCUT2D eigenvalue weighted by Gasteiger charge is -2.38. The Hall–Kier alpha value is -0.140. The van der Waals surface area contributed by atoms with Crippen molar-refractivity contribution in [3.63, 3.8) is 0 Å². The quantitative estimate of drug-likeness (QED) is 0.613. The molecule has 1 N–H and O–H groups in total. The average Bonchev–Trinajstić information content (AvgIpc) is 2.07. The number of aliphatic hydroxyl groups excluding tert-OH is 1. The molecule has 1 amide bonds. The molecule has 0 saturated heterocycles. The van der Waals surface area contributed by atoms with E-state index in [1.165, 1.54) is 4.90 Å².